The van der Waals surface area contributed by atoms with Crippen molar-refractivity contribution in [1.29, 1.82) is 0 Å². The van der Waals surface area contributed by atoms with Gasteiger partial charge in [-0.2, -0.15) is 4.99 Å². The van der Waals surface area contributed by atoms with E-state index in [4.69, 9.17) is 5.73 Å². The fourth-order valence-corrected chi connectivity index (χ4v) is 1.14. The van der Waals surface area contributed by atoms with Gasteiger partial charge in [0.15, 0.2) is 0 Å². The molecule has 1 aliphatic heterocycles. The van der Waals surface area contributed by atoms with Crippen molar-refractivity contribution in [3.8, 4) is 0 Å². The molecule has 0 unspecified atom stereocenters. The average molecular weight is 139 g/mol. The smallest absolute Gasteiger partial charge is 0.345 e. The first kappa shape index (κ1) is 5.70. The summed E-state index contributed by atoms with van der Waals surface area (Å²) in [5.41, 5.74) is 5.37. The number of urea groups is 1. The lowest BCUT2D eigenvalue weighted by Crippen LogP contribution is -2.30. The molecule has 2 aliphatic rings. The highest BCUT2D eigenvalue weighted by Gasteiger charge is 2.35. The van der Waals surface area contributed by atoms with E-state index >= 15 is 0 Å². The van der Waals surface area contributed by atoms with Gasteiger partial charge in [-0.15, -0.1) is 0 Å². The van der Waals surface area contributed by atoms with Crippen LogP contribution >= 0.6 is 0 Å². The molecule has 0 aromatic carbocycles. The minimum absolute atomic E-state index is 0.153. The summed E-state index contributed by atoms with van der Waals surface area (Å²) in [5, 5.41) is 0. The number of rotatable bonds is 1. The van der Waals surface area contributed by atoms with E-state index in [1.807, 2.05) is 0 Å². The Kier molecular flexibility index (Phi) is 0.977. The summed E-state index contributed by atoms with van der Waals surface area (Å²) in [5.74, 6) is 0.455. The average Bonchev–Trinajstić information content (AvgIpc) is 2.61. The second kappa shape index (κ2) is 1.71. The zero-order valence-corrected chi connectivity index (χ0v) is 5.58. The van der Waals surface area contributed by atoms with Gasteiger partial charge >= 0.3 is 6.03 Å². The normalized spacial score (nSPS) is 25.4. The lowest BCUT2D eigenvalue weighted by Gasteiger charge is -2.11. The van der Waals surface area contributed by atoms with Gasteiger partial charge in [0.1, 0.15) is 5.84 Å². The Labute approximate surface area is 58.7 Å². The van der Waals surface area contributed by atoms with Crippen molar-refractivity contribution in [2.45, 2.75) is 18.9 Å². The Morgan fingerprint density at radius 1 is 1.60 bits per heavy atom. The molecule has 0 saturated heterocycles. The summed E-state index contributed by atoms with van der Waals surface area (Å²) in [6.07, 6.45) is 2.24. The Balaban J connectivity index is 2.08. The van der Waals surface area contributed by atoms with Crippen LogP contribution in [-0.2, 0) is 0 Å². The van der Waals surface area contributed by atoms with Gasteiger partial charge in [-0.3, -0.25) is 0 Å². The van der Waals surface area contributed by atoms with Gasteiger partial charge in [-0.25, -0.2) is 4.79 Å². The van der Waals surface area contributed by atoms with Crippen molar-refractivity contribution >= 4 is 11.9 Å². The number of amides is 2. The van der Waals surface area contributed by atoms with Crippen LogP contribution in [0.2, 0.25) is 0 Å². The van der Waals surface area contributed by atoms with E-state index in [0.717, 1.165) is 12.8 Å². The summed E-state index contributed by atoms with van der Waals surface area (Å²) in [6, 6.07) is 0.289. The van der Waals surface area contributed by atoms with Crippen LogP contribution in [0.15, 0.2) is 4.99 Å². The predicted octanol–water partition coefficient (Wildman–Crippen LogP) is -0.0584. The number of nitrogens with zero attached hydrogens (tertiary/aromatic N) is 2. The van der Waals surface area contributed by atoms with Crippen molar-refractivity contribution in [3.63, 3.8) is 0 Å². The molecule has 2 N–H and O–H groups in total. The van der Waals surface area contributed by atoms with E-state index in [0.29, 0.717) is 18.4 Å². The quantitative estimate of drug-likeness (QED) is 0.553. The number of carbonyl (C=O) groups is 1. The fraction of sp³-hybridized carbons (Fsp3) is 0.667. The second-order valence-corrected chi connectivity index (χ2v) is 2.74. The number of hydrogen-bond donors (Lipinski definition) is 1. The molecule has 4 nitrogen and oxygen atoms in total. The first-order valence-electron chi connectivity index (χ1n) is 3.41. The van der Waals surface area contributed by atoms with Gasteiger partial charge < -0.3 is 10.6 Å². The molecule has 0 atom stereocenters. The van der Waals surface area contributed by atoms with Crippen LogP contribution in [0.1, 0.15) is 12.8 Å². The van der Waals surface area contributed by atoms with Crippen molar-refractivity contribution in [2.75, 3.05) is 6.54 Å². The minimum atomic E-state index is -0.153. The summed E-state index contributed by atoms with van der Waals surface area (Å²) >= 11 is 0. The lowest BCUT2D eigenvalue weighted by molar-refractivity contribution is 0.217. The summed E-state index contributed by atoms with van der Waals surface area (Å²) < 4.78 is 0. The lowest BCUT2D eigenvalue weighted by atomic mass is 10.5. The van der Waals surface area contributed by atoms with E-state index in [9.17, 15) is 4.79 Å². The van der Waals surface area contributed by atoms with Crippen molar-refractivity contribution < 1.29 is 4.79 Å². The third-order valence-electron chi connectivity index (χ3n) is 1.80. The highest BCUT2D eigenvalue weighted by molar-refractivity contribution is 6.00. The van der Waals surface area contributed by atoms with Gasteiger partial charge in [0.2, 0.25) is 0 Å². The molecule has 1 fully saturated rings. The molecular formula is C6H9N3O. The number of amidine groups is 1. The van der Waals surface area contributed by atoms with E-state index in [1.165, 1.54) is 0 Å². The number of aliphatic imine (C=N–C) groups is 1. The second-order valence-electron chi connectivity index (χ2n) is 2.74. The number of nitrogens with two attached hydrogens (primary N) is 1. The van der Waals surface area contributed by atoms with Gasteiger partial charge in [0.25, 0.3) is 0 Å². The molecule has 2 rings (SSSR count). The van der Waals surface area contributed by atoms with Crippen LogP contribution in [0, 0.1) is 0 Å². The van der Waals surface area contributed by atoms with E-state index < -0.39 is 0 Å². The van der Waals surface area contributed by atoms with Crippen molar-refractivity contribution in [3.05, 3.63) is 0 Å². The Bertz CT molecular complexity index is 207. The molecule has 1 saturated carbocycles. The molecule has 0 radical (unpaired) electrons. The molecule has 10 heavy (non-hydrogen) atoms. The van der Waals surface area contributed by atoms with Crippen LogP contribution < -0.4 is 5.73 Å². The first-order chi connectivity index (χ1) is 4.77. The van der Waals surface area contributed by atoms with Gasteiger partial charge in [-0.05, 0) is 12.8 Å². The molecule has 2 amide bonds. The molecule has 0 aromatic heterocycles. The SMILES string of the molecule is NC1=NC(=O)N(C2CC2)C1. The standard InChI is InChI=1S/C6H9N3O/c7-5-3-9(4-1-2-4)6(10)8-5/h4H,1-3H2,(H2,7,8,10). The summed E-state index contributed by atoms with van der Waals surface area (Å²) in [7, 11) is 0. The van der Waals surface area contributed by atoms with Crippen LogP contribution in [0.5, 0.6) is 0 Å². The third-order valence-corrected chi connectivity index (χ3v) is 1.80. The van der Waals surface area contributed by atoms with Gasteiger partial charge in [-0.1, -0.05) is 0 Å². The number of hydrogen-bond acceptors (Lipinski definition) is 2. The van der Waals surface area contributed by atoms with Gasteiger partial charge in [0, 0.05) is 6.04 Å². The molecule has 0 spiro atoms. The zero-order valence-electron chi connectivity index (χ0n) is 5.58. The predicted molar refractivity (Wildman–Crippen MR) is 36.7 cm³/mol. The fourth-order valence-electron chi connectivity index (χ4n) is 1.14. The Morgan fingerprint density at radius 3 is 2.70 bits per heavy atom. The van der Waals surface area contributed by atoms with Crippen molar-refractivity contribution in [2.24, 2.45) is 10.7 Å². The molecule has 4 heteroatoms. The first-order valence-corrected chi connectivity index (χ1v) is 3.41. The molecule has 0 bridgehead atoms. The third kappa shape index (κ3) is 0.761. The van der Waals surface area contributed by atoms with E-state index in [2.05, 4.69) is 4.99 Å². The van der Waals surface area contributed by atoms with Crippen LogP contribution in [0.25, 0.3) is 0 Å². The van der Waals surface area contributed by atoms with Crippen LogP contribution in [0.3, 0.4) is 0 Å². The van der Waals surface area contributed by atoms with E-state index in [-0.39, 0.29) is 6.03 Å². The van der Waals surface area contributed by atoms with Gasteiger partial charge in [0.05, 0.1) is 6.54 Å². The molecule has 54 valence electrons. The topological polar surface area (TPSA) is 58.7 Å². The molecule has 1 heterocycles. The molecule has 1 aliphatic carbocycles. The number of carbonyl (C=O) groups excluding carboxylic acids is 1. The van der Waals surface area contributed by atoms with Crippen molar-refractivity contribution in [1.82, 2.24) is 4.90 Å². The highest BCUT2D eigenvalue weighted by atomic mass is 16.2. The van der Waals surface area contributed by atoms with Crippen LogP contribution in [-0.4, -0.2) is 29.4 Å². The maximum Gasteiger partial charge on any atom is 0.345 e. The summed E-state index contributed by atoms with van der Waals surface area (Å²) in [4.78, 5) is 16.3. The Morgan fingerprint density at radius 2 is 2.30 bits per heavy atom. The zero-order chi connectivity index (χ0) is 7.14. The summed E-state index contributed by atoms with van der Waals surface area (Å²) in [6.45, 7) is 0.545. The van der Waals surface area contributed by atoms with Crippen LogP contribution in [0.4, 0.5) is 4.79 Å². The largest absolute Gasteiger partial charge is 0.385 e. The van der Waals surface area contributed by atoms with E-state index in [1.54, 1.807) is 4.90 Å². The maximum atomic E-state index is 10.9. The monoisotopic (exact) mass is 139 g/mol. The maximum absolute atomic E-state index is 10.9. The minimum Gasteiger partial charge on any atom is -0.385 e. The molecular weight excluding hydrogens is 130 g/mol. The molecule has 0 aromatic rings. The highest BCUT2D eigenvalue weighted by Crippen LogP contribution is 2.28. The Hall–Kier alpha value is -1.06.